The van der Waals surface area contributed by atoms with Crippen LogP contribution in [0.4, 0.5) is 0 Å². The van der Waals surface area contributed by atoms with Gasteiger partial charge >= 0.3 is 5.97 Å². The van der Waals surface area contributed by atoms with Crippen LogP contribution in [0.25, 0.3) is 0 Å². The topological polar surface area (TPSA) is 140 Å². The van der Waals surface area contributed by atoms with Gasteiger partial charge in [0.15, 0.2) is 0 Å². The first kappa shape index (κ1) is 35.4. The maximum Gasteiger partial charge on any atom is 0.303 e. The third-order valence-electron chi connectivity index (χ3n) is 4.18. The van der Waals surface area contributed by atoms with Crippen LogP contribution < -0.4 is 5.32 Å². The standard InChI is InChI=1S/C23H44INO11/c24-4-7-30-9-11-32-13-15-34-17-19-36-21-20-35-18-16-33-14-12-31-10-8-29-6-1-5-25-22(26)2-3-23(27)28/h1-21H2,(H,25,26)(H,27,28). The second-order valence-electron chi connectivity index (χ2n) is 7.19. The molecule has 0 rings (SSSR count). The number of rotatable bonds is 30. The summed E-state index contributed by atoms with van der Waals surface area (Å²) < 4.78 is 44.2. The van der Waals surface area contributed by atoms with E-state index in [0.717, 1.165) is 11.0 Å². The molecule has 36 heavy (non-hydrogen) atoms. The van der Waals surface area contributed by atoms with Crippen LogP contribution in [0.2, 0.25) is 0 Å². The van der Waals surface area contributed by atoms with Gasteiger partial charge in [-0.05, 0) is 6.42 Å². The molecular formula is C23H44INO11. The van der Waals surface area contributed by atoms with Crippen molar-refractivity contribution in [3.8, 4) is 0 Å². The average molecular weight is 638 g/mol. The molecule has 12 nitrogen and oxygen atoms in total. The van der Waals surface area contributed by atoms with Gasteiger partial charge in [0.05, 0.1) is 106 Å². The van der Waals surface area contributed by atoms with E-state index in [2.05, 4.69) is 27.9 Å². The van der Waals surface area contributed by atoms with Crippen LogP contribution in [-0.4, -0.2) is 134 Å². The monoisotopic (exact) mass is 637 g/mol. The van der Waals surface area contributed by atoms with E-state index in [1.54, 1.807) is 0 Å². The molecule has 0 fully saturated rings. The van der Waals surface area contributed by atoms with E-state index in [1.807, 2.05) is 0 Å². The van der Waals surface area contributed by atoms with Gasteiger partial charge in [0.25, 0.3) is 0 Å². The van der Waals surface area contributed by atoms with Crippen LogP contribution in [0, 0.1) is 0 Å². The Kier molecular flexibility index (Phi) is 30.0. The Balaban J connectivity index is 3.07. The van der Waals surface area contributed by atoms with Crippen molar-refractivity contribution >= 4 is 34.5 Å². The summed E-state index contributed by atoms with van der Waals surface area (Å²) in [6.45, 7) is 8.94. The van der Waals surface area contributed by atoms with Crippen LogP contribution in [-0.2, 0) is 47.5 Å². The quantitative estimate of drug-likeness (QED) is 0.0661. The summed E-state index contributed by atoms with van der Waals surface area (Å²) in [4.78, 5) is 21.7. The predicted octanol–water partition coefficient (Wildman–Crippen LogP) is 0.925. The third kappa shape index (κ3) is 31.4. The summed E-state index contributed by atoms with van der Waals surface area (Å²) in [6, 6.07) is 0. The van der Waals surface area contributed by atoms with E-state index >= 15 is 0 Å². The van der Waals surface area contributed by atoms with Gasteiger partial charge < -0.3 is 48.3 Å². The number of halogens is 1. The fourth-order valence-electron chi connectivity index (χ4n) is 2.41. The molecule has 0 aliphatic carbocycles. The van der Waals surface area contributed by atoms with E-state index in [1.165, 1.54) is 0 Å². The van der Waals surface area contributed by atoms with Crippen LogP contribution >= 0.6 is 22.6 Å². The second-order valence-corrected chi connectivity index (χ2v) is 8.26. The number of carbonyl (C=O) groups excluding carboxylic acids is 1. The smallest absolute Gasteiger partial charge is 0.303 e. The molecule has 0 aliphatic heterocycles. The molecule has 0 radical (unpaired) electrons. The molecule has 1 amide bonds. The molecule has 0 unspecified atom stereocenters. The molecule has 0 spiro atoms. The van der Waals surface area contributed by atoms with Crippen molar-refractivity contribution in [2.45, 2.75) is 19.3 Å². The summed E-state index contributed by atoms with van der Waals surface area (Å²) in [7, 11) is 0. The summed E-state index contributed by atoms with van der Waals surface area (Å²) >= 11 is 2.27. The van der Waals surface area contributed by atoms with E-state index < -0.39 is 5.97 Å². The number of nitrogens with one attached hydrogen (secondary N) is 1. The second kappa shape index (κ2) is 30.6. The Morgan fingerprint density at radius 1 is 0.528 bits per heavy atom. The average Bonchev–Trinajstić information content (AvgIpc) is 2.87. The van der Waals surface area contributed by atoms with E-state index in [-0.39, 0.29) is 18.7 Å². The van der Waals surface area contributed by atoms with Crippen LogP contribution in [0.1, 0.15) is 19.3 Å². The third-order valence-corrected chi connectivity index (χ3v) is 4.62. The molecular weight excluding hydrogens is 593 g/mol. The Morgan fingerprint density at radius 2 is 0.861 bits per heavy atom. The zero-order chi connectivity index (χ0) is 26.4. The zero-order valence-electron chi connectivity index (χ0n) is 21.3. The first-order valence-corrected chi connectivity index (χ1v) is 13.9. The molecule has 0 saturated carbocycles. The normalized spacial score (nSPS) is 11.1. The number of amides is 1. The van der Waals surface area contributed by atoms with Gasteiger partial charge in [-0.2, -0.15) is 0 Å². The maximum absolute atomic E-state index is 11.3. The highest BCUT2D eigenvalue weighted by Crippen LogP contribution is 1.90. The fourth-order valence-corrected chi connectivity index (χ4v) is 2.72. The molecule has 0 saturated heterocycles. The highest BCUT2D eigenvalue weighted by molar-refractivity contribution is 14.1. The van der Waals surface area contributed by atoms with Crippen molar-refractivity contribution in [1.29, 1.82) is 0 Å². The number of alkyl halides is 1. The van der Waals surface area contributed by atoms with E-state index in [4.69, 9.17) is 43.0 Å². The van der Waals surface area contributed by atoms with Crippen molar-refractivity contribution in [3.63, 3.8) is 0 Å². The molecule has 214 valence electrons. The van der Waals surface area contributed by atoms with Crippen LogP contribution in [0.15, 0.2) is 0 Å². The number of hydrogen-bond acceptors (Lipinski definition) is 10. The number of aliphatic carboxylic acids is 1. The Morgan fingerprint density at radius 3 is 1.19 bits per heavy atom. The lowest BCUT2D eigenvalue weighted by Gasteiger charge is -2.09. The zero-order valence-corrected chi connectivity index (χ0v) is 23.4. The lowest BCUT2D eigenvalue weighted by Crippen LogP contribution is -2.25. The summed E-state index contributed by atoms with van der Waals surface area (Å²) in [5, 5.41) is 11.1. The first-order chi connectivity index (χ1) is 17.7. The fraction of sp³-hybridized carbons (Fsp3) is 0.913. The van der Waals surface area contributed by atoms with Gasteiger partial charge in [0.1, 0.15) is 0 Å². The van der Waals surface area contributed by atoms with Crippen LogP contribution in [0.5, 0.6) is 0 Å². The van der Waals surface area contributed by atoms with E-state index in [9.17, 15) is 9.59 Å². The number of carboxylic acid groups (broad SMARTS) is 1. The number of hydrogen-bond donors (Lipinski definition) is 2. The molecule has 0 aliphatic rings. The molecule has 0 heterocycles. The minimum Gasteiger partial charge on any atom is -0.481 e. The molecule has 0 aromatic rings. The molecule has 13 heteroatoms. The van der Waals surface area contributed by atoms with Gasteiger partial charge in [-0.25, -0.2) is 0 Å². The first-order valence-electron chi connectivity index (χ1n) is 12.3. The molecule has 2 N–H and O–H groups in total. The van der Waals surface area contributed by atoms with Crippen molar-refractivity contribution in [2.24, 2.45) is 0 Å². The van der Waals surface area contributed by atoms with Crippen molar-refractivity contribution in [1.82, 2.24) is 5.32 Å². The summed E-state index contributed by atoms with van der Waals surface area (Å²) in [6.07, 6.45) is 0.497. The van der Waals surface area contributed by atoms with E-state index in [0.29, 0.717) is 112 Å². The summed E-state index contributed by atoms with van der Waals surface area (Å²) in [5.41, 5.74) is 0. The maximum atomic E-state index is 11.3. The molecule has 0 aromatic heterocycles. The minimum absolute atomic E-state index is 0.00394. The molecule has 0 bridgehead atoms. The van der Waals surface area contributed by atoms with Crippen LogP contribution in [0.3, 0.4) is 0 Å². The minimum atomic E-state index is -0.978. The van der Waals surface area contributed by atoms with Gasteiger partial charge in [-0.1, -0.05) is 22.6 Å². The Labute approximate surface area is 228 Å². The lowest BCUT2D eigenvalue weighted by atomic mass is 10.3. The number of carbonyl (C=O) groups is 2. The predicted molar refractivity (Wildman–Crippen MR) is 140 cm³/mol. The largest absolute Gasteiger partial charge is 0.481 e. The Bertz CT molecular complexity index is 489. The van der Waals surface area contributed by atoms with Gasteiger partial charge in [-0.15, -0.1) is 0 Å². The summed E-state index contributed by atoms with van der Waals surface area (Å²) in [5.74, 6) is -1.24. The van der Waals surface area contributed by atoms with Crippen molar-refractivity contribution < 1.29 is 52.6 Å². The van der Waals surface area contributed by atoms with Crippen molar-refractivity contribution in [3.05, 3.63) is 0 Å². The molecule has 0 atom stereocenters. The lowest BCUT2D eigenvalue weighted by molar-refractivity contribution is -0.138. The highest BCUT2D eigenvalue weighted by atomic mass is 127. The van der Waals surface area contributed by atoms with Crippen molar-refractivity contribution in [2.75, 3.05) is 117 Å². The Hall–Kier alpha value is -0.650. The van der Waals surface area contributed by atoms with Gasteiger partial charge in [-0.3, -0.25) is 9.59 Å². The number of ether oxygens (including phenoxy) is 8. The van der Waals surface area contributed by atoms with Gasteiger partial charge in [0.2, 0.25) is 5.91 Å². The SMILES string of the molecule is O=C(O)CCC(=O)NCCCOCCOCCOCCOCCOCCOCCOCCOCCI. The number of carboxylic acids is 1. The molecule has 0 aromatic carbocycles. The highest BCUT2D eigenvalue weighted by Gasteiger charge is 2.04. The van der Waals surface area contributed by atoms with Gasteiger partial charge in [0, 0.05) is 24.0 Å².